The highest BCUT2D eigenvalue weighted by molar-refractivity contribution is 5.40. The molecule has 0 bridgehead atoms. The standard InChI is InChI=1S/C9H14N2/c1-3-5-6-11-8-10-7-9(11)4-2/h4,7-8H,2-3,5-6H2,1H3. The van der Waals surface area contributed by atoms with Crippen molar-refractivity contribution in [3.63, 3.8) is 0 Å². The van der Waals surface area contributed by atoms with E-state index in [0.717, 1.165) is 12.2 Å². The van der Waals surface area contributed by atoms with Gasteiger partial charge < -0.3 is 4.57 Å². The average Bonchev–Trinajstić information content (AvgIpc) is 2.47. The van der Waals surface area contributed by atoms with Crippen molar-refractivity contribution >= 4 is 6.08 Å². The van der Waals surface area contributed by atoms with Gasteiger partial charge in [-0.25, -0.2) is 4.98 Å². The first kappa shape index (κ1) is 8.05. The lowest BCUT2D eigenvalue weighted by molar-refractivity contribution is 0.628. The summed E-state index contributed by atoms with van der Waals surface area (Å²) < 4.78 is 2.12. The molecule has 2 heteroatoms. The van der Waals surface area contributed by atoms with Crippen LogP contribution in [0.2, 0.25) is 0 Å². The molecule has 0 N–H and O–H groups in total. The Kier molecular flexibility index (Phi) is 2.90. The molecule has 1 heterocycles. The Bertz CT molecular complexity index is 225. The first-order valence-corrected chi connectivity index (χ1v) is 4.01. The van der Waals surface area contributed by atoms with E-state index in [1.807, 2.05) is 18.6 Å². The topological polar surface area (TPSA) is 17.8 Å². The lowest BCUT2D eigenvalue weighted by Crippen LogP contribution is -1.97. The quantitative estimate of drug-likeness (QED) is 0.644. The zero-order chi connectivity index (χ0) is 8.10. The molecule has 60 valence electrons. The normalized spacial score (nSPS) is 9.91. The van der Waals surface area contributed by atoms with E-state index in [4.69, 9.17) is 0 Å². The fourth-order valence-corrected chi connectivity index (χ4v) is 1.02. The van der Waals surface area contributed by atoms with Crippen LogP contribution in [0.4, 0.5) is 0 Å². The Morgan fingerprint density at radius 1 is 1.73 bits per heavy atom. The minimum Gasteiger partial charge on any atom is -0.331 e. The largest absolute Gasteiger partial charge is 0.331 e. The first-order chi connectivity index (χ1) is 5.38. The van der Waals surface area contributed by atoms with E-state index in [2.05, 4.69) is 23.1 Å². The number of aromatic nitrogens is 2. The fourth-order valence-electron chi connectivity index (χ4n) is 1.02. The van der Waals surface area contributed by atoms with Gasteiger partial charge in [0.05, 0.1) is 18.2 Å². The molecule has 1 aromatic heterocycles. The minimum absolute atomic E-state index is 1.05. The monoisotopic (exact) mass is 150 g/mol. The van der Waals surface area contributed by atoms with E-state index in [1.54, 1.807) is 0 Å². The molecule has 0 saturated carbocycles. The number of aryl methyl sites for hydroxylation is 1. The highest BCUT2D eigenvalue weighted by atomic mass is 15.0. The zero-order valence-electron chi connectivity index (χ0n) is 6.95. The van der Waals surface area contributed by atoms with Crippen molar-refractivity contribution in [3.8, 4) is 0 Å². The van der Waals surface area contributed by atoms with Gasteiger partial charge in [0, 0.05) is 6.54 Å². The van der Waals surface area contributed by atoms with E-state index in [1.165, 1.54) is 12.8 Å². The summed E-state index contributed by atoms with van der Waals surface area (Å²) in [5.41, 5.74) is 1.11. The summed E-state index contributed by atoms with van der Waals surface area (Å²) in [5.74, 6) is 0. The summed E-state index contributed by atoms with van der Waals surface area (Å²) in [6.45, 7) is 6.95. The molecular weight excluding hydrogens is 136 g/mol. The van der Waals surface area contributed by atoms with Gasteiger partial charge in [-0.1, -0.05) is 19.9 Å². The van der Waals surface area contributed by atoms with Gasteiger partial charge in [0.2, 0.25) is 0 Å². The van der Waals surface area contributed by atoms with Crippen LogP contribution in [0, 0.1) is 0 Å². The van der Waals surface area contributed by atoms with Crippen LogP contribution in [0.5, 0.6) is 0 Å². The predicted octanol–water partition coefficient (Wildman–Crippen LogP) is 2.33. The average molecular weight is 150 g/mol. The Balaban J connectivity index is 2.61. The second kappa shape index (κ2) is 3.96. The molecule has 11 heavy (non-hydrogen) atoms. The molecule has 0 saturated heterocycles. The number of hydrogen-bond acceptors (Lipinski definition) is 1. The van der Waals surface area contributed by atoms with Crippen molar-refractivity contribution in [2.75, 3.05) is 0 Å². The number of unbranched alkanes of at least 4 members (excludes halogenated alkanes) is 1. The maximum atomic E-state index is 4.04. The molecule has 0 atom stereocenters. The van der Waals surface area contributed by atoms with Crippen LogP contribution >= 0.6 is 0 Å². The van der Waals surface area contributed by atoms with Gasteiger partial charge in [-0.05, 0) is 12.5 Å². The molecule has 0 spiro atoms. The maximum absolute atomic E-state index is 4.04. The van der Waals surface area contributed by atoms with Crippen molar-refractivity contribution in [3.05, 3.63) is 24.8 Å². The predicted molar refractivity (Wildman–Crippen MR) is 47.2 cm³/mol. The SMILES string of the molecule is C=Cc1cncn1CCCC. The van der Waals surface area contributed by atoms with Crippen LogP contribution < -0.4 is 0 Å². The van der Waals surface area contributed by atoms with E-state index >= 15 is 0 Å². The van der Waals surface area contributed by atoms with Crippen LogP contribution in [-0.4, -0.2) is 9.55 Å². The minimum atomic E-state index is 1.05. The van der Waals surface area contributed by atoms with Gasteiger partial charge in [0.25, 0.3) is 0 Å². The molecule has 0 unspecified atom stereocenters. The van der Waals surface area contributed by atoms with Gasteiger partial charge in [0.1, 0.15) is 0 Å². The number of hydrogen-bond donors (Lipinski definition) is 0. The fraction of sp³-hybridized carbons (Fsp3) is 0.444. The van der Waals surface area contributed by atoms with Gasteiger partial charge in [-0.15, -0.1) is 0 Å². The van der Waals surface area contributed by atoms with Gasteiger partial charge >= 0.3 is 0 Å². The molecular formula is C9H14N2. The smallest absolute Gasteiger partial charge is 0.0950 e. The van der Waals surface area contributed by atoms with Crippen molar-refractivity contribution in [2.24, 2.45) is 0 Å². The van der Waals surface area contributed by atoms with Crippen molar-refractivity contribution in [2.45, 2.75) is 26.3 Å². The van der Waals surface area contributed by atoms with Crippen LogP contribution in [0.3, 0.4) is 0 Å². The van der Waals surface area contributed by atoms with E-state index in [-0.39, 0.29) is 0 Å². The van der Waals surface area contributed by atoms with Crippen LogP contribution in [0.15, 0.2) is 19.1 Å². The van der Waals surface area contributed by atoms with Crippen LogP contribution in [0.1, 0.15) is 25.5 Å². The molecule has 1 rings (SSSR count). The number of rotatable bonds is 4. The molecule has 2 nitrogen and oxygen atoms in total. The molecule has 0 aliphatic carbocycles. The summed E-state index contributed by atoms with van der Waals surface area (Å²) in [5, 5.41) is 0. The molecule has 0 fully saturated rings. The molecule has 0 aliphatic rings. The second-order valence-corrected chi connectivity index (χ2v) is 2.57. The van der Waals surface area contributed by atoms with Gasteiger partial charge in [0.15, 0.2) is 0 Å². The van der Waals surface area contributed by atoms with Crippen LogP contribution in [0.25, 0.3) is 6.08 Å². The van der Waals surface area contributed by atoms with Crippen molar-refractivity contribution in [1.82, 2.24) is 9.55 Å². The third-order valence-corrected chi connectivity index (χ3v) is 1.71. The lowest BCUT2D eigenvalue weighted by atomic mass is 10.3. The summed E-state index contributed by atoms with van der Waals surface area (Å²) >= 11 is 0. The summed E-state index contributed by atoms with van der Waals surface area (Å²) in [6.07, 6.45) is 7.95. The highest BCUT2D eigenvalue weighted by Crippen LogP contribution is 2.02. The Labute approximate surface area is 67.6 Å². The molecule has 0 aromatic carbocycles. The third kappa shape index (κ3) is 1.93. The van der Waals surface area contributed by atoms with Crippen LogP contribution in [-0.2, 0) is 6.54 Å². The molecule has 0 aliphatic heterocycles. The van der Waals surface area contributed by atoms with E-state index < -0.39 is 0 Å². The molecule has 0 radical (unpaired) electrons. The number of nitrogens with zero attached hydrogens (tertiary/aromatic N) is 2. The first-order valence-electron chi connectivity index (χ1n) is 4.01. The maximum Gasteiger partial charge on any atom is 0.0950 e. The van der Waals surface area contributed by atoms with Gasteiger partial charge in [-0.2, -0.15) is 0 Å². The Morgan fingerprint density at radius 2 is 2.55 bits per heavy atom. The summed E-state index contributed by atoms with van der Waals surface area (Å²) in [4.78, 5) is 4.04. The molecule has 0 amide bonds. The Hall–Kier alpha value is -1.05. The van der Waals surface area contributed by atoms with Crippen molar-refractivity contribution < 1.29 is 0 Å². The highest BCUT2D eigenvalue weighted by Gasteiger charge is 1.94. The Morgan fingerprint density at radius 3 is 3.18 bits per heavy atom. The molecule has 1 aromatic rings. The lowest BCUT2D eigenvalue weighted by Gasteiger charge is -2.01. The summed E-state index contributed by atoms with van der Waals surface area (Å²) in [6, 6.07) is 0. The number of imidazole rings is 1. The third-order valence-electron chi connectivity index (χ3n) is 1.71. The van der Waals surface area contributed by atoms with E-state index in [0.29, 0.717) is 0 Å². The van der Waals surface area contributed by atoms with Gasteiger partial charge in [-0.3, -0.25) is 0 Å². The summed E-state index contributed by atoms with van der Waals surface area (Å²) in [7, 11) is 0. The second-order valence-electron chi connectivity index (χ2n) is 2.57. The van der Waals surface area contributed by atoms with Crippen molar-refractivity contribution in [1.29, 1.82) is 0 Å². The zero-order valence-corrected chi connectivity index (χ0v) is 6.95. The van der Waals surface area contributed by atoms with E-state index in [9.17, 15) is 0 Å².